The predicted molar refractivity (Wildman–Crippen MR) is 58.7 cm³/mol. The first-order chi connectivity index (χ1) is 8.49. The molecule has 2 aromatic rings. The number of hydrogen-bond donors (Lipinski definition) is 0. The van der Waals surface area contributed by atoms with Crippen LogP contribution in [0.4, 0.5) is 13.2 Å². The normalized spacial score (nSPS) is 10.4. The molecule has 0 saturated heterocycles. The molecule has 0 unspecified atom stereocenters. The van der Waals surface area contributed by atoms with E-state index in [1.165, 1.54) is 12.3 Å². The molecule has 0 radical (unpaired) electrons. The number of rotatable bonds is 2. The summed E-state index contributed by atoms with van der Waals surface area (Å²) < 4.78 is 38.8. The number of carbonyl (C=O) groups is 1. The molecule has 0 aliphatic rings. The van der Waals surface area contributed by atoms with Gasteiger partial charge in [0.05, 0.1) is 0 Å². The number of ketones is 1. The van der Waals surface area contributed by atoms with Crippen LogP contribution in [0.25, 0.3) is 0 Å². The maximum Gasteiger partial charge on any atom is 0.211 e. The first-order valence-electron chi connectivity index (χ1n) is 5.11. The smallest absolute Gasteiger partial charge is 0.211 e. The third kappa shape index (κ3) is 2.25. The van der Waals surface area contributed by atoms with Crippen LogP contribution in [0.2, 0.25) is 0 Å². The molecule has 1 aromatic carbocycles. The van der Waals surface area contributed by atoms with Gasteiger partial charge in [-0.2, -0.15) is 0 Å². The van der Waals surface area contributed by atoms with Gasteiger partial charge in [0.25, 0.3) is 0 Å². The lowest BCUT2D eigenvalue weighted by atomic mass is 10.1. The first kappa shape index (κ1) is 12.3. The summed E-state index contributed by atoms with van der Waals surface area (Å²) in [5.41, 5.74) is 0.571. The van der Waals surface area contributed by atoms with Gasteiger partial charge in [-0.1, -0.05) is 0 Å². The standard InChI is InChI=1S/C13H8F3NO/c1-7-2-3-17-11(4-7)13(18)8-5-9(14)12(16)10(15)6-8/h2-6H,1H3. The van der Waals surface area contributed by atoms with Gasteiger partial charge in [-0.05, 0) is 36.8 Å². The number of nitrogens with zero attached hydrogens (tertiary/aromatic N) is 1. The van der Waals surface area contributed by atoms with Gasteiger partial charge in [-0.15, -0.1) is 0 Å². The highest BCUT2D eigenvalue weighted by molar-refractivity contribution is 6.07. The zero-order valence-electron chi connectivity index (χ0n) is 9.38. The van der Waals surface area contributed by atoms with E-state index >= 15 is 0 Å². The van der Waals surface area contributed by atoms with Crippen LogP contribution < -0.4 is 0 Å². The number of pyridine rings is 1. The molecule has 0 spiro atoms. The molecule has 1 heterocycles. The highest BCUT2D eigenvalue weighted by Gasteiger charge is 2.17. The summed E-state index contributed by atoms with van der Waals surface area (Å²) >= 11 is 0. The highest BCUT2D eigenvalue weighted by Crippen LogP contribution is 2.16. The van der Waals surface area contributed by atoms with Gasteiger partial charge in [-0.25, -0.2) is 13.2 Å². The second kappa shape index (κ2) is 4.60. The fraction of sp³-hybridized carbons (Fsp3) is 0.0769. The van der Waals surface area contributed by atoms with E-state index in [0.717, 1.165) is 5.56 Å². The second-order valence-electron chi connectivity index (χ2n) is 3.80. The second-order valence-corrected chi connectivity index (χ2v) is 3.80. The third-order valence-corrected chi connectivity index (χ3v) is 2.39. The fourth-order valence-corrected chi connectivity index (χ4v) is 1.49. The Hall–Kier alpha value is -2.17. The summed E-state index contributed by atoms with van der Waals surface area (Å²) in [5.74, 6) is -5.04. The first-order valence-corrected chi connectivity index (χ1v) is 5.11. The summed E-state index contributed by atoms with van der Waals surface area (Å²) in [6, 6.07) is 4.49. The largest absolute Gasteiger partial charge is 0.287 e. The summed E-state index contributed by atoms with van der Waals surface area (Å²) in [4.78, 5) is 15.7. The molecule has 2 nitrogen and oxygen atoms in total. The van der Waals surface area contributed by atoms with E-state index in [0.29, 0.717) is 12.1 Å². The summed E-state index contributed by atoms with van der Waals surface area (Å²) in [6.45, 7) is 1.75. The van der Waals surface area contributed by atoms with Gasteiger partial charge in [0.2, 0.25) is 5.78 Å². The minimum absolute atomic E-state index is 0.0559. The van der Waals surface area contributed by atoms with Crippen LogP contribution in [0.5, 0.6) is 0 Å². The zero-order chi connectivity index (χ0) is 13.3. The zero-order valence-corrected chi connectivity index (χ0v) is 9.38. The lowest BCUT2D eigenvalue weighted by Gasteiger charge is -2.03. The maximum absolute atomic E-state index is 13.0. The van der Waals surface area contributed by atoms with Gasteiger partial charge < -0.3 is 0 Å². The van der Waals surface area contributed by atoms with Crippen molar-refractivity contribution in [2.75, 3.05) is 0 Å². The maximum atomic E-state index is 13.0. The molecule has 0 atom stereocenters. The lowest BCUT2D eigenvalue weighted by Crippen LogP contribution is -2.06. The van der Waals surface area contributed by atoms with Gasteiger partial charge in [0, 0.05) is 11.8 Å². The summed E-state index contributed by atoms with van der Waals surface area (Å²) in [7, 11) is 0. The van der Waals surface area contributed by atoms with E-state index in [4.69, 9.17) is 0 Å². The van der Waals surface area contributed by atoms with Gasteiger partial charge in [-0.3, -0.25) is 9.78 Å². The Kier molecular flexibility index (Phi) is 3.14. The minimum Gasteiger partial charge on any atom is -0.287 e. The van der Waals surface area contributed by atoms with Crippen molar-refractivity contribution in [2.24, 2.45) is 0 Å². The van der Waals surface area contributed by atoms with Gasteiger partial charge in [0.15, 0.2) is 17.5 Å². The Morgan fingerprint density at radius 3 is 2.28 bits per heavy atom. The number of aryl methyl sites for hydroxylation is 1. The van der Waals surface area contributed by atoms with Gasteiger partial charge >= 0.3 is 0 Å². The number of aromatic nitrogens is 1. The molecule has 0 amide bonds. The summed E-state index contributed by atoms with van der Waals surface area (Å²) in [6.07, 6.45) is 1.42. The molecule has 0 aliphatic carbocycles. The van der Waals surface area contributed by atoms with Crippen LogP contribution in [-0.4, -0.2) is 10.8 Å². The number of hydrogen-bond acceptors (Lipinski definition) is 2. The number of carbonyl (C=O) groups excluding carboxylic acids is 1. The highest BCUT2D eigenvalue weighted by atomic mass is 19.2. The molecule has 0 bridgehead atoms. The molecule has 1 aromatic heterocycles. The molecule has 2 rings (SSSR count). The summed E-state index contributed by atoms with van der Waals surface area (Å²) in [5, 5.41) is 0. The number of halogens is 3. The SMILES string of the molecule is Cc1ccnc(C(=O)c2cc(F)c(F)c(F)c2)c1. The molecule has 18 heavy (non-hydrogen) atoms. The van der Waals surface area contributed by atoms with Crippen molar-refractivity contribution in [3.8, 4) is 0 Å². The van der Waals surface area contributed by atoms with Crippen molar-refractivity contribution in [2.45, 2.75) is 6.92 Å². The molecule has 92 valence electrons. The lowest BCUT2D eigenvalue weighted by molar-refractivity contribution is 0.103. The van der Waals surface area contributed by atoms with Crippen LogP contribution in [-0.2, 0) is 0 Å². The van der Waals surface area contributed by atoms with Gasteiger partial charge in [0.1, 0.15) is 5.69 Å². The quantitative estimate of drug-likeness (QED) is 0.606. The van der Waals surface area contributed by atoms with Crippen molar-refractivity contribution in [3.63, 3.8) is 0 Å². The Balaban J connectivity index is 2.47. The Morgan fingerprint density at radius 2 is 1.72 bits per heavy atom. The predicted octanol–water partition coefficient (Wildman–Crippen LogP) is 3.04. The minimum atomic E-state index is -1.59. The van der Waals surface area contributed by atoms with Crippen molar-refractivity contribution >= 4 is 5.78 Å². The van der Waals surface area contributed by atoms with Crippen molar-refractivity contribution in [1.82, 2.24) is 4.98 Å². The van der Waals surface area contributed by atoms with Crippen LogP contribution in [0.1, 0.15) is 21.6 Å². The van der Waals surface area contributed by atoms with Crippen LogP contribution >= 0.6 is 0 Å². The van der Waals surface area contributed by atoms with E-state index in [9.17, 15) is 18.0 Å². The van der Waals surface area contributed by atoms with Crippen LogP contribution in [0.15, 0.2) is 30.5 Å². The van der Waals surface area contributed by atoms with Crippen molar-refractivity contribution < 1.29 is 18.0 Å². The van der Waals surface area contributed by atoms with E-state index < -0.39 is 23.2 Å². The molecule has 5 heteroatoms. The van der Waals surface area contributed by atoms with E-state index in [1.54, 1.807) is 13.0 Å². The number of benzene rings is 1. The van der Waals surface area contributed by atoms with E-state index in [2.05, 4.69) is 4.98 Å². The van der Waals surface area contributed by atoms with Crippen LogP contribution in [0.3, 0.4) is 0 Å². The monoisotopic (exact) mass is 251 g/mol. The van der Waals surface area contributed by atoms with Crippen molar-refractivity contribution in [1.29, 1.82) is 0 Å². The average Bonchev–Trinajstić information content (AvgIpc) is 2.34. The molecular formula is C13H8F3NO. The molecular weight excluding hydrogens is 243 g/mol. The molecule has 0 saturated carbocycles. The fourth-order valence-electron chi connectivity index (χ4n) is 1.49. The Labute approximate surface area is 101 Å². The molecule has 0 N–H and O–H groups in total. The average molecular weight is 251 g/mol. The topological polar surface area (TPSA) is 30.0 Å². The Bertz CT molecular complexity index is 602. The van der Waals surface area contributed by atoms with Crippen molar-refractivity contribution in [3.05, 3.63) is 64.7 Å². The molecule has 0 aliphatic heterocycles. The van der Waals surface area contributed by atoms with E-state index in [1.807, 2.05) is 0 Å². The molecule has 0 fully saturated rings. The third-order valence-electron chi connectivity index (χ3n) is 2.39. The van der Waals surface area contributed by atoms with Crippen LogP contribution in [0, 0.1) is 24.4 Å². The van der Waals surface area contributed by atoms with E-state index in [-0.39, 0.29) is 11.3 Å². The Morgan fingerprint density at radius 1 is 1.11 bits per heavy atom.